The SMILES string of the molecule is Cc1cc(C2C(c3ccccn3)NC(=S)N2C)c(C)n1C. The zero-order valence-electron chi connectivity index (χ0n) is 12.8. The highest BCUT2D eigenvalue weighted by molar-refractivity contribution is 7.80. The second-order valence-electron chi connectivity index (χ2n) is 5.62. The Morgan fingerprint density at radius 1 is 1.24 bits per heavy atom. The van der Waals surface area contributed by atoms with E-state index in [0.29, 0.717) is 0 Å². The van der Waals surface area contributed by atoms with Crippen LogP contribution in [0, 0.1) is 13.8 Å². The van der Waals surface area contributed by atoms with Gasteiger partial charge in [-0.15, -0.1) is 0 Å². The van der Waals surface area contributed by atoms with E-state index in [1.165, 1.54) is 17.0 Å². The second-order valence-corrected chi connectivity index (χ2v) is 6.01. The summed E-state index contributed by atoms with van der Waals surface area (Å²) in [5, 5.41) is 4.18. The first-order valence-electron chi connectivity index (χ1n) is 7.07. The highest BCUT2D eigenvalue weighted by Gasteiger charge is 2.39. The van der Waals surface area contributed by atoms with Crippen molar-refractivity contribution in [3.05, 3.63) is 53.1 Å². The number of pyridine rings is 1. The van der Waals surface area contributed by atoms with Gasteiger partial charge in [0.05, 0.1) is 17.8 Å². The molecule has 5 heteroatoms. The molecule has 1 N–H and O–H groups in total. The van der Waals surface area contributed by atoms with Crippen molar-refractivity contribution in [2.45, 2.75) is 25.9 Å². The van der Waals surface area contributed by atoms with E-state index in [-0.39, 0.29) is 12.1 Å². The first kappa shape index (κ1) is 14.1. The number of rotatable bonds is 2. The summed E-state index contributed by atoms with van der Waals surface area (Å²) in [6, 6.07) is 8.52. The molecule has 1 aliphatic rings. The van der Waals surface area contributed by atoms with Crippen molar-refractivity contribution in [1.29, 1.82) is 0 Å². The third-order valence-electron chi connectivity index (χ3n) is 4.47. The first-order chi connectivity index (χ1) is 10.0. The molecular formula is C16H20N4S. The molecule has 2 unspecified atom stereocenters. The predicted molar refractivity (Wildman–Crippen MR) is 88.1 cm³/mol. The van der Waals surface area contributed by atoms with E-state index < -0.39 is 0 Å². The van der Waals surface area contributed by atoms with Gasteiger partial charge in [0.2, 0.25) is 0 Å². The van der Waals surface area contributed by atoms with Crippen molar-refractivity contribution < 1.29 is 0 Å². The third kappa shape index (κ3) is 2.21. The Kier molecular flexibility index (Phi) is 3.45. The number of nitrogens with zero attached hydrogens (tertiary/aromatic N) is 3. The van der Waals surface area contributed by atoms with Gasteiger partial charge in [-0.1, -0.05) is 6.07 Å². The van der Waals surface area contributed by atoms with E-state index in [4.69, 9.17) is 12.2 Å². The fraction of sp³-hybridized carbons (Fsp3) is 0.375. The topological polar surface area (TPSA) is 33.1 Å². The molecule has 110 valence electrons. The molecule has 1 fully saturated rings. The Bertz CT molecular complexity index is 677. The van der Waals surface area contributed by atoms with E-state index in [9.17, 15) is 0 Å². The van der Waals surface area contributed by atoms with Crippen LogP contribution in [0.5, 0.6) is 0 Å². The fourth-order valence-corrected chi connectivity index (χ4v) is 3.27. The predicted octanol–water partition coefficient (Wildman–Crippen LogP) is 2.64. The summed E-state index contributed by atoms with van der Waals surface area (Å²) in [6.45, 7) is 4.29. The van der Waals surface area contributed by atoms with Gasteiger partial charge in [-0.2, -0.15) is 0 Å². The Morgan fingerprint density at radius 2 is 2.00 bits per heavy atom. The van der Waals surface area contributed by atoms with Gasteiger partial charge in [0.15, 0.2) is 5.11 Å². The first-order valence-corrected chi connectivity index (χ1v) is 7.48. The van der Waals surface area contributed by atoms with Gasteiger partial charge in [0, 0.05) is 31.7 Å². The van der Waals surface area contributed by atoms with Crippen LogP contribution in [-0.2, 0) is 7.05 Å². The molecule has 0 amide bonds. The maximum Gasteiger partial charge on any atom is 0.169 e. The highest BCUT2D eigenvalue weighted by Crippen LogP contribution is 2.39. The Morgan fingerprint density at radius 3 is 2.57 bits per heavy atom. The average molecular weight is 300 g/mol. The number of aromatic nitrogens is 2. The largest absolute Gasteiger partial charge is 0.352 e. The molecule has 0 radical (unpaired) electrons. The number of hydrogen-bond donors (Lipinski definition) is 1. The standard InChI is InChI=1S/C16H20N4S/c1-10-9-12(11(2)19(10)3)15-14(18-16(21)20(15)4)13-7-5-6-8-17-13/h5-9,14-15H,1-4H3,(H,18,21). The molecule has 3 rings (SSSR count). The maximum atomic E-state index is 5.46. The van der Waals surface area contributed by atoms with Crippen molar-refractivity contribution >= 4 is 17.3 Å². The Balaban J connectivity index is 2.08. The molecule has 1 saturated heterocycles. The number of nitrogens with one attached hydrogen (secondary N) is 1. The van der Waals surface area contributed by atoms with Crippen LogP contribution in [0.4, 0.5) is 0 Å². The molecule has 3 heterocycles. The van der Waals surface area contributed by atoms with Gasteiger partial charge < -0.3 is 14.8 Å². The van der Waals surface area contributed by atoms with Crippen molar-refractivity contribution in [2.24, 2.45) is 7.05 Å². The van der Waals surface area contributed by atoms with Crippen LogP contribution >= 0.6 is 12.2 Å². The molecule has 0 bridgehead atoms. The van der Waals surface area contributed by atoms with Crippen LogP contribution in [0.15, 0.2) is 30.5 Å². The summed E-state index contributed by atoms with van der Waals surface area (Å²) in [4.78, 5) is 6.64. The minimum absolute atomic E-state index is 0.0872. The van der Waals surface area contributed by atoms with E-state index in [1.807, 2.05) is 25.4 Å². The van der Waals surface area contributed by atoms with Crippen LogP contribution < -0.4 is 5.32 Å². The van der Waals surface area contributed by atoms with Gasteiger partial charge in [-0.05, 0) is 49.8 Å². The summed E-state index contributed by atoms with van der Waals surface area (Å²) in [6.07, 6.45) is 1.83. The summed E-state index contributed by atoms with van der Waals surface area (Å²) < 4.78 is 2.22. The van der Waals surface area contributed by atoms with E-state index >= 15 is 0 Å². The lowest BCUT2D eigenvalue weighted by Gasteiger charge is -2.24. The van der Waals surface area contributed by atoms with Gasteiger partial charge >= 0.3 is 0 Å². The Hall–Kier alpha value is -1.88. The second kappa shape index (κ2) is 5.15. The quantitative estimate of drug-likeness (QED) is 0.864. The summed E-state index contributed by atoms with van der Waals surface area (Å²) in [5.74, 6) is 0. The normalized spacial score (nSPS) is 21.7. The van der Waals surface area contributed by atoms with Gasteiger partial charge in [0.25, 0.3) is 0 Å². The minimum atomic E-state index is 0.0872. The maximum absolute atomic E-state index is 5.46. The molecule has 0 aromatic carbocycles. The van der Waals surface area contributed by atoms with Crippen molar-refractivity contribution in [3.63, 3.8) is 0 Å². The van der Waals surface area contributed by atoms with Crippen LogP contribution in [0.2, 0.25) is 0 Å². The molecule has 21 heavy (non-hydrogen) atoms. The number of thiocarbonyl (C=S) groups is 1. The summed E-state index contributed by atoms with van der Waals surface area (Å²) in [5.41, 5.74) is 4.86. The molecule has 4 nitrogen and oxygen atoms in total. The minimum Gasteiger partial charge on any atom is -0.352 e. The molecule has 2 aromatic heterocycles. The van der Waals surface area contributed by atoms with Crippen molar-refractivity contribution in [2.75, 3.05) is 7.05 Å². The molecule has 1 aliphatic heterocycles. The van der Waals surface area contributed by atoms with Crippen LogP contribution in [0.3, 0.4) is 0 Å². The van der Waals surface area contributed by atoms with Gasteiger partial charge in [0.1, 0.15) is 0 Å². The molecule has 0 aliphatic carbocycles. The number of hydrogen-bond acceptors (Lipinski definition) is 2. The fourth-order valence-electron chi connectivity index (χ4n) is 3.03. The molecular weight excluding hydrogens is 280 g/mol. The van der Waals surface area contributed by atoms with Gasteiger partial charge in [-0.3, -0.25) is 4.98 Å². The summed E-state index contributed by atoms with van der Waals surface area (Å²) >= 11 is 5.46. The average Bonchev–Trinajstić information content (AvgIpc) is 2.92. The molecule has 2 atom stereocenters. The zero-order chi connectivity index (χ0) is 15.1. The zero-order valence-corrected chi connectivity index (χ0v) is 13.6. The lowest BCUT2D eigenvalue weighted by molar-refractivity contribution is 0.367. The van der Waals surface area contributed by atoms with Crippen LogP contribution in [0.1, 0.15) is 34.7 Å². The number of aryl methyl sites for hydroxylation is 1. The van der Waals surface area contributed by atoms with E-state index in [2.05, 4.69) is 52.8 Å². The smallest absolute Gasteiger partial charge is 0.169 e. The van der Waals surface area contributed by atoms with Gasteiger partial charge in [-0.25, -0.2) is 0 Å². The summed E-state index contributed by atoms with van der Waals surface area (Å²) in [7, 11) is 4.15. The third-order valence-corrected chi connectivity index (χ3v) is 4.88. The molecule has 2 aromatic rings. The lowest BCUT2D eigenvalue weighted by atomic mass is 9.97. The van der Waals surface area contributed by atoms with Crippen LogP contribution in [0.25, 0.3) is 0 Å². The van der Waals surface area contributed by atoms with Crippen LogP contribution in [-0.4, -0.2) is 26.6 Å². The highest BCUT2D eigenvalue weighted by atomic mass is 32.1. The Labute approximate surface area is 130 Å². The lowest BCUT2D eigenvalue weighted by Crippen LogP contribution is -2.25. The van der Waals surface area contributed by atoms with E-state index in [0.717, 1.165) is 10.8 Å². The van der Waals surface area contributed by atoms with Crippen molar-refractivity contribution in [3.8, 4) is 0 Å². The number of likely N-dealkylation sites (N-methyl/N-ethyl adjacent to an activating group) is 1. The molecule has 0 saturated carbocycles. The van der Waals surface area contributed by atoms with E-state index in [1.54, 1.807) is 0 Å². The van der Waals surface area contributed by atoms with Crippen molar-refractivity contribution in [1.82, 2.24) is 19.8 Å². The molecule has 0 spiro atoms. The monoisotopic (exact) mass is 300 g/mol.